The van der Waals surface area contributed by atoms with Crippen LogP contribution in [0.5, 0.6) is 0 Å². The normalized spacial score (nSPS) is 16.8. The van der Waals surface area contributed by atoms with Crippen LogP contribution in [0.4, 0.5) is 5.13 Å². The van der Waals surface area contributed by atoms with Gasteiger partial charge in [0.05, 0.1) is 0 Å². The van der Waals surface area contributed by atoms with Crippen molar-refractivity contribution in [2.75, 3.05) is 11.9 Å². The molecule has 1 heterocycles. The van der Waals surface area contributed by atoms with Crippen LogP contribution in [0.25, 0.3) is 0 Å². The fraction of sp³-hybridized carbons (Fsp3) is 0.667. The van der Waals surface area contributed by atoms with Gasteiger partial charge in [-0.05, 0) is 12.8 Å². The lowest BCUT2D eigenvalue weighted by molar-refractivity contribution is -0.134. The zero-order valence-electron chi connectivity index (χ0n) is 8.27. The number of carboxylic acid groups (broad SMARTS) is 1. The molecule has 1 aliphatic carbocycles. The number of aromatic nitrogens is 2. The molecule has 0 atom stereocenters. The van der Waals surface area contributed by atoms with E-state index < -0.39 is 5.97 Å². The van der Waals surface area contributed by atoms with Gasteiger partial charge in [-0.2, -0.15) is 4.37 Å². The Bertz CT molecular complexity index is 347. The molecule has 0 radical (unpaired) electrons. The number of rotatable bonds is 4. The highest BCUT2D eigenvalue weighted by atomic mass is 32.1. The maximum Gasteiger partial charge on any atom is 0.322 e. The van der Waals surface area contributed by atoms with Crippen molar-refractivity contribution in [2.45, 2.75) is 31.6 Å². The van der Waals surface area contributed by atoms with Crippen LogP contribution in [0.1, 0.15) is 37.4 Å². The number of anilines is 1. The third kappa shape index (κ3) is 2.65. The van der Waals surface area contributed by atoms with Crippen LogP contribution in [0.15, 0.2) is 0 Å². The zero-order chi connectivity index (χ0) is 10.7. The molecule has 0 bridgehead atoms. The van der Waals surface area contributed by atoms with Crippen LogP contribution < -0.4 is 5.32 Å². The van der Waals surface area contributed by atoms with E-state index >= 15 is 0 Å². The minimum Gasteiger partial charge on any atom is -0.480 e. The second kappa shape index (κ2) is 4.57. The van der Waals surface area contributed by atoms with E-state index in [1.54, 1.807) is 0 Å². The Morgan fingerprint density at radius 3 is 2.93 bits per heavy atom. The van der Waals surface area contributed by atoms with Crippen LogP contribution in [-0.4, -0.2) is 27.0 Å². The summed E-state index contributed by atoms with van der Waals surface area (Å²) in [6.07, 6.45) is 4.83. The molecule has 0 unspecified atom stereocenters. The highest BCUT2D eigenvalue weighted by Gasteiger charge is 2.21. The van der Waals surface area contributed by atoms with Crippen LogP contribution >= 0.6 is 11.5 Å². The second-order valence-corrected chi connectivity index (χ2v) is 4.44. The van der Waals surface area contributed by atoms with Gasteiger partial charge in [0.25, 0.3) is 0 Å². The van der Waals surface area contributed by atoms with Crippen LogP contribution in [0, 0.1) is 0 Å². The molecule has 0 aromatic carbocycles. The van der Waals surface area contributed by atoms with E-state index in [-0.39, 0.29) is 6.54 Å². The molecular formula is C9H13N3O2S. The van der Waals surface area contributed by atoms with Gasteiger partial charge in [-0.15, -0.1) is 0 Å². The smallest absolute Gasteiger partial charge is 0.322 e. The van der Waals surface area contributed by atoms with E-state index in [4.69, 9.17) is 5.11 Å². The summed E-state index contributed by atoms with van der Waals surface area (Å²) in [6.45, 7) is -0.0979. The lowest BCUT2D eigenvalue weighted by Gasteiger charge is -2.01. The second-order valence-electron chi connectivity index (χ2n) is 3.69. The number of carbonyl (C=O) groups is 1. The first-order valence-electron chi connectivity index (χ1n) is 5.05. The summed E-state index contributed by atoms with van der Waals surface area (Å²) in [7, 11) is 0. The number of nitrogens with zero attached hydrogens (tertiary/aromatic N) is 2. The first-order valence-corrected chi connectivity index (χ1v) is 5.82. The predicted molar refractivity (Wildman–Crippen MR) is 57.2 cm³/mol. The fourth-order valence-electron chi connectivity index (χ4n) is 1.81. The molecular weight excluding hydrogens is 214 g/mol. The third-order valence-electron chi connectivity index (χ3n) is 2.55. The highest BCUT2D eigenvalue weighted by molar-refractivity contribution is 7.09. The molecule has 2 rings (SSSR count). The van der Waals surface area contributed by atoms with Crippen LogP contribution in [-0.2, 0) is 4.79 Å². The Morgan fingerprint density at radius 2 is 2.27 bits per heavy atom. The largest absolute Gasteiger partial charge is 0.480 e. The number of nitrogens with one attached hydrogen (secondary N) is 1. The monoisotopic (exact) mass is 227 g/mol. The van der Waals surface area contributed by atoms with Gasteiger partial charge in [-0.25, -0.2) is 4.98 Å². The Labute approximate surface area is 91.7 Å². The predicted octanol–water partition coefficient (Wildman–Crippen LogP) is 1.69. The summed E-state index contributed by atoms with van der Waals surface area (Å²) in [6, 6.07) is 0. The Kier molecular flexibility index (Phi) is 3.15. The number of carboxylic acids is 1. The van der Waals surface area contributed by atoms with Gasteiger partial charge in [-0.1, -0.05) is 12.8 Å². The van der Waals surface area contributed by atoms with Gasteiger partial charge in [0.1, 0.15) is 12.4 Å². The van der Waals surface area contributed by atoms with Crippen molar-refractivity contribution >= 4 is 22.6 Å². The van der Waals surface area contributed by atoms with Gasteiger partial charge in [0.15, 0.2) is 0 Å². The summed E-state index contributed by atoms with van der Waals surface area (Å²) in [5.41, 5.74) is 0. The van der Waals surface area contributed by atoms with Gasteiger partial charge in [0.2, 0.25) is 5.13 Å². The lowest BCUT2D eigenvalue weighted by Crippen LogP contribution is -2.12. The molecule has 0 saturated heterocycles. The van der Waals surface area contributed by atoms with Gasteiger partial charge in [-0.3, -0.25) is 4.79 Å². The first-order chi connectivity index (χ1) is 7.25. The topological polar surface area (TPSA) is 75.1 Å². The minimum absolute atomic E-state index is 0.0979. The summed E-state index contributed by atoms with van der Waals surface area (Å²) in [5.74, 6) is 0.486. The number of hydrogen-bond donors (Lipinski definition) is 2. The average molecular weight is 227 g/mol. The fourth-order valence-corrected chi connectivity index (χ4v) is 2.45. The standard InChI is InChI=1S/C9H13N3O2S/c13-7(14)5-10-9-11-8(12-15-9)6-3-1-2-4-6/h6H,1-5H2,(H,13,14)(H,10,11,12). The molecule has 0 spiro atoms. The van der Waals surface area contributed by atoms with E-state index in [0.717, 1.165) is 18.7 Å². The van der Waals surface area contributed by atoms with Crippen molar-refractivity contribution in [3.05, 3.63) is 5.82 Å². The molecule has 6 heteroatoms. The zero-order valence-corrected chi connectivity index (χ0v) is 9.09. The molecule has 15 heavy (non-hydrogen) atoms. The molecule has 1 aromatic heterocycles. The summed E-state index contributed by atoms with van der Waals surface area (Å²) in [5, 5.41) is 11.8. The van der Waals surface area contributed by atoms with Gasteiger partial charge in [0, 0.05) is 17.5 Å². The van der Waals surface area contributed by atoms with E-state index in [2.05, 4.69) is 14.7 Å². The quantitative estimate of drug-likeness (QED) is 0.818. The van der Waals surface area contributed by atoms with Crippen LogP contribution in [0.2, 0.25) is 0 Å². The number of hydrogen-bond acceptors (Lipinski definition) is 5. The molecule has 1 aliphatic rings. The van der Waals surface area contributed by atoms with Crippen molar-refractivity contribution in [3.63, 3.8) is 0 Å². The lowest BCUT2D eigenvalue weighted by atomic mass is 10.1. The van der Waals surface area contributed by atoms with Crippen molar-refractivity contribution in [3.8, 4) is 0 Å². The Balaban J connectivity index is 1.94. The van der Waals surface area contributed by atoms with Crippen molar-refractivity contribution in [2.24, 2.45) is 0 Å². The third-order valence-corrected chi connectivity index (χ3v) is 3.24. The highest BCUT2D eigenvalue weighted by Crippen LogP contribution is 2.33. The van der Waals surface area contributed by atoms with Crippen molar-refractivity contribution < 1.29 is 9.90 Å². The number of aliphatic carboxylic acids is 1. The molecule has 1 aromatic rings. The van der Waals surface area contributed by atoms with Crippen molar-refractivity contribution in [1.29, 1.82) is 0 Å². The molecule has 5 nitrogen and oxygen atoms in total. The minimum atomic E-state index is -0.882. The summed E-state index contributed by atoms with van der Waals surface area (Å²) in [4.78, 5) is 14.6. The van der Waals surface area contributed by atoms with E-state index in [1.807, 2.05) is 0 Å². The van der Waals surface area contributed by atoms with Crippen molar-refractivity contribution in [1.82, 2.24) is 9.36 Å². The van der Waals surface area contributed by atoms with Gasteiger partial charge >= 0.3 is 5.97 Å². The molecule has 0 aliphatic heterocycles. The molecule has 2 N–H and O–H groups in total. The average Bonchev–Trinajstić information content (AvgIpc) is 2.85. The molecule has 1 fully saturated rings. The maximum atomic E-state index is 10.3. The van der Waals surface area contributed by atoms with E-state index in [1.165, 1.54) is 24.4 Å². The first kappa shape index (κ1) is 10.4. The van der Waals surface area contributed by atoms with Crippen LogP contribution in [0.3, 0.4) is 0 Å². The Hall–Kier alpha value is -1.17. The Morgan fingerprint density at radius 1 is 1.53 bits per heavy atom. The van der Waals surface area contributed by atoms with E-state index in [0.29, 0.717) is 11.0 Å². The molecule has 82 valence electrons. The molecule has 1 saturated carbocycles. The van der Waals surface area contributed by atoms with Gasteiger partial charge < -0.3 is 10.4 Å². The molecule has 0 amide bonds. The van der Waals surface area contributed by atoms with E-state index in [9.17, 15) is 4.79 Å². The SMILES string of the molecule is O=C(O)CNc1nc(C2CCCC2)ns1. The maximum absolute atomic E-state index is 10.3. The summed E-state index contributed by atoms with van der Waals surface area (Å²) < 4.78 is 4.25. The summed E-state index contributed by atoms with van der Waals surface area (Å²) >= 11 is 1.24.